The van der Waals surface area contributed by atoms with E-state index in [-0.39, 0.29) is 18.0 Å². The van der Waals surface area contributed by atoms with Gasteiger partial charge < -0.3 is 4.74 Å². The van der Waals surface area contributed by atoms with Crippen LogP contribution in [0.15, 0.2) is 53.4 Å². The summed E-state index contributed by atoms with van der Waals surface area (Å²) in [4.78, 5) is 1.71. The van der Waals surface area contributed by atoms with Gasteiger partial charge in [0.1, 0.15) is 12.4 Å². The van der Waals surface area contributed by atoms with E-state index < -0.39 is 21.8 Å². The third-order valence-corrected chi connectivity index (χ3v) is 6.77. The van der Waals surface area contributed by atoms with Crippen LogP contribution in [0.5, 0.6) is 5.75 Å². The molecule has 0 aliphatic carbocycles. The maximum absolute atomic E-state index is 12.9. The van der Waals surface area contributed by atoms with Crippen LogP contribution in [0.1, 0.15) is 5.56 Å². The van der Waals surface area contributed by atoms with E-state index in [0.717, 1.165) is 12.1 Å². The van der Waals surface area contributed by atoms with Crippen molar-refractivity contribution in [1.29, 1.82) is 0 Å². The van der Waals surface area contributed by atoms with Crippen LogP contribution in [0.4, 0.5) is 13.2 Å². The van der Waals surface area contributed by atoms with Gasteiger partial charge in [-0.3, -0.25) is 4.90 Å². The number of alkyl halides is 3. The minimum atomic E-state index is -4.59. The fourth-order valence-corrected chi connectivity index (χ4v) is 4.59. The van der Waals surface area contributed by atoms with Gasteiger partial charge >= 0.3 is 6.18 Å². The molecule has 0 spiro atoms. The lowest BCUT2D eigenvalue weighted by Gasteiger charge is -2.33. The average Bonchev–Trinajstić information content (AvgIpc) is 2.69. The lowest BCUT2D eigenvalue weighted by molar-refractivity contribution is -0.137. The van der Waals surface area contributed by atoms with Crippen LogP contribution in [-0.4, -0.2) is 57.0 Å². The zero-order valence-corrected chi connectivity index (χ0v) is 17.0. The minimum Gasteiger partial charge on any atom is -0.492 e. The Morgan fingerprint density at radius 2 is 1.66 bits per heavy atom. The number of halogens is 4. The topological polar surface area (TPSA) is 49.9 Å². The Balaban J connectivity index is 1.53. The number of piperazine rings is 1. The summed E-state index contributed by atoms with van der Waals surface area (Å²) in [5.41, 5.74) is -0.975. The molecule has 0 radical (unpaired) electrons. The van der Waals surface area contributed by atoms with Crippen molar-refractivity contribution in [3.63, 3.8) is 0 Å². The van der Waals surface area contributed by atoms with Crippen molar-refractivity contribution in [2.24, 2.45) is 0 Å². The van der Waals surface area contributed by atoms with Gasteiger partial charge in [-0.25, -0.2) is 8.42 Å². The van der Waals surface area contributed by atoms with E-state index >= 15 is 0 Å². The molecular weight excluding hydrogens is 429 g/mol. The first-order chi connectivity index (χ1) is 13.7. The number of hydrogen-bond donors (Lipinski definition) is 0. The van der Waals surface area contributed by atoms with E-state index in [4.69, 9.17) is 16.3 Å². The van der Waals surface area contributed by atoms with E-state index in [2.05, 4.69) is 0 Å². The third-order valence-electron chi connectivity index (χ3n) is 4.62. The van der Waals surface area contributed by atoms with Crippen molar-refractivity contribution in [2.45, 2.75) is 11.1 Å². The summed E-state index contributed by atoms with van der Waals surface area (Å²) in [6.07, 6.45) is -4.59. The number of ether oxygens (including phenoxy) is 1. The molecule has 5 nitrogen and oxygen atoms in total. The van der Waals surface area contributed by atoms with Crippen LogP contribution < -0.4 is 4.74 Å². The van der Waals surface area contributed by atoms with Crippen LogP contribution >= 0.6 is 11.6 Å². The molecule has 2 aromatic carbocycles. The van der Waals surface area contributed by atoms with Crippen molar-refractivity contribution in [1.82, 2.24) is 9.21 Å². The van der Waals surface area contributed by atoms with Crippen LogP contribution in [0, 0.1) is 0 Å². The normalized spacial score (nSPS) is 16.7. The van der Waals surface area contributed by atoms with Gasteiger partial charge in [0.05, 0.1) is 10.5 Å². The quantitative estimate of drug-likeness (QED) is 0.675. The maximum Gasteiger partial charge on any atom is 0.416 e. The highest BCUT2D eigenvalue weighted by molar-refractivity contribution is 7.89. The van der Waals surface area contributed by atoms with Gasteiger partial charge in [-0.15, -0.1) is 0 Å². The highest BCUT2D eigenvalue weighted by atomic mass is 35.5. The van der Waals surface area contributed by atoms with E-state index in [9.17, 15) is 21.6 Å². The smallest absolute Gasteiger partial charge is 0.416 e. The number of hydrogen-bond acceptors (Lipinski definition) is 4. The van der Waals surface area contributed by atoms with Crippen molar-refractivity contribution >= 4 is 21.6 Å². The zero-order valence-electron chi connectivity index (χ0n) is 15.4. The number of rotatable bonds is 6. The monoisotopic (exact) mass is 448 g/mol. The predicted molar refractivity (Wildman–Crippen MR) is 104 cm³/mol. The SMILES string of the molecule is O=S(=O)(c1cccc(C(F)(F)F)c1)N1CCN(CCOc2ccc(Cl)cc2)CC1. The Morgan fingerprint density at radius 1 is 1.00 bits per heavy atom. The molecule has 0 aromatic heterocycles. The second-order valence-corrected chi connectivity index (χ2v) is 8.95. The molecule has 0 unspecified atom stereocenters. The Morgan fingerprint density at radius 3 is 2.28 bits per heavy atom. The molecule has 0 atom stereocenters. The fraction of sp³-hybridized carbons (Fsp3) is 0.368. The maximum atomic E-state index is 12.9. The molecule has 0 amide bonds. The van der Waals surface area contributed by atoms with Crippen LogP contribution in [-0.2, 0) is 16.2 Å². The van der Waals surface area contributed by atoms with Crippen molar-refractivity contribution in [2.75, 3.05) is 39.3 Å². The van der Waals surface area contributed by atoms with Gasteiger partial charge in [-0.2, -0.15) is 17.5 Å². The van der Waals surface area contributed by atoms with E-state index in [1.807, 2.05) is 4.90 Å². The van der Waals surface area contributed by atoms with E-state index in [0.29, 0.717) is 43.1 Å². The zero-order chi connectivity index (χ0) is 21.1. The summed E-state index contributed by atoms with van der Waals surface area (Å²) in [6.45, 7) is 2.41. The van der Waals surface area contributed by atoms with E-state index in [1.165, 1.54) is 10.4 Å². The van der Waals surface area contributed by atoms with Crippen molar-refractivity contribution in [3.8, 4) is 5.75 Å². The molecule has 0 N–H and O–H groups in total. The molecule has 10 heteroatoms. The van der Waals surface area contributed by atoms with Crippen molar-refractivity contribution in [3.05, 3.63) is 59.1 Å². The lowest BCUT2D eigenvalue weighted by Crippen LogP contribution is -2.49. The second-order valence-electron chi connectivity index (χ2n) is 6.57. The van der Waals surface area contributed by atoms with Crippen LogP contribution in [0.25, 0.3) is 0 Å². The Kier molecular flexibility index (Phi) is 6.72. The first-order valence-corrected chi connectivity index (χ1v) is 10.8. The summed E-state index contributed by atoms with van der Waals surface area (Å²) in [5, 5.41) is 0.621. The average molecular weight is 449 g/mol. The van der Waals surface area contributed by atoms with Gasteiger partial charge in [-0.1, -0.05) is 17.7 Å². The van der Waals surface area contributed by atoms with E-state index in [1.54, 1.807) is 24.3 Å². The molecule has 3 rings (SSSR count). The standard InChI is InChI=1S/C19H20ClF3N2O3S/c20-16-4-6-17(7-5-16)28-13-12-24-8-10-25(11-9-24)29(26,27)18-3-1-2-15(14-18)19(21,22)23/h1-7,14H,8-13H2. The first-order valence-electron chi connectivity index (χ1n) is 8.94. The van der Waals surface area contributed by atoms with Gasteiger partial charge in [0.2, 0.25) is 10.0 Å². The number of sulfonamides is 1. The summed E-state index contributed by atoms with van der Waals surface area (Å²) in [7, 11) is -3.97. The first kappa shape index (κ1) is 21.9. The molecular formula is C19H20ClF3N2O3S. The van der Waals surface area contributed by atoms with Gasteiger partial charge in [0.15, 0.2) is 0 Å². The van der Waals surface area contributed by atoms with Gasteiger partial charge in [0.25, 0.3) is 0 Å². The lowest BCUT2D eigenvalue weighted by atomic mass is 10.2. The summed E-state index contributed by atoms with van der Waals surface area (Å²) in [5.74, 6) is 0.695. The third kappa shape index (κ3) is 5.63. The summed E-state index contributed by atoms with van der Waals surface area (Å²) in [6, 6.07) is 10.8. The Hall–Kier alpha value is -1.81. The molecule has 1 heterocycles. The molecule has 29 heavy (non-hydrogen) atoms. The van der Waals surface area contributed by atoms with Crippen molar-refractivity contribution < 1.29 is 26.3 Å². The number of nitrogens with zero attached hydrogens (tertiary/aromatic N) is 2. The van der Waals surface area contributed by atoms with Gasteiger partial charge in [0, 0.05) is 37.7 Å². The Bertz CT molecular complexity index is 928. The molecule has 1 aliphatic rings. The molecule has 1 saturated heterocycles. The fourth-order valence-electron chi connectivity index (χ4n) is 3.00. The largest absolute Gasteiger partial charge is 0.492 e. The molecule has 158 valence electrons. The van der Waals surface area contributed by atoms with Crippen LogP contribution in [0.2, 0.25) is 5.02 Å². The second kappa shape index (κ2) is 8.91. The highest BCUT2D eigenvalue weighted by Gasteiger charge is 2.33. The molecule has 2 aromatic rings. The molecule has 0 saturated carbocycles. The molecule has 1 fully saturated rings. The van der Waals surface area contributed by atoms with Crippen LogP contribution in [0.3, 0.4) is 0 Å². The molecule has 1 aliphatic heterocycles. The predicted octanol–water partition coefficient (Wildman–Crippen LogP) is 3.74. The summed E-state index contributed by atoms with van der Waals surface area (Å²) >= 11 is 5.82. The Labute approximate surface area is 172 Å². The highest BCUT2D eigenvalue weighted by Crippen LogP contribution is 2.31. The van der Waals surface area contributed by atoms with Gasteiger partial charge in [-0.05, 0) is 42.5 Å². The summed E-state index contributed by atoms with van der Waals surface area (Å²) < 4.78 is 70.9. The molecule has 0 bridgehead atoms. The minimum absolute atomic E-state index is 0.208. The number of benzene rings is 2.